The van der Waals surface area contributed by atoms with E-state index >= 15 is 0 Å². The molecule has 5 heteroatoms. The van der Waals surface area contributed by atoms with Gasteiger partial charge in [-0.05, 0) is 52.4 Å². The standard InChI is InChI=1S/C17H35N3O2/c1-12(2)9-15(11-19-16(21)22-17(3,4)5)20-14-8-6-7-13(18)10-14/h12-15,20H,6-11,18H2,1-5H3,(H,19,21). The monoisotopic (exact) mass is 313 g/mol. The number of ether oxygens (including phenoxy) is 1. The molecule has 0 radical (unpaired) electrons. The fourth-order valence-corrected chi connectivity index (χ4v) is 3.01. The van der Waals surface area contributed by atoms with Crippen molar-refractivity contribution in [1.82, 2.24) is 10.6 Å². The van der Waals surface area contributed by atoms with Gasteiger partial charge in [0.15, 0.2) is 0 Å². The third-order valence-electron chi connectivity index (χ3n) is 3.83. The summed E-state index contributed by atoms with van der Waals surface area (Å²) in [5.41, 5.74) is 5.61. The molecule has 0 aromatic heterocycles. The molecule has 0 aromatic rings. The first-order chi connectivity index (χ1) is 10.2. The third kappa shape index (κ3) is 8.59. The average molecular weight is 313 g/mol. The van der Waals surface area contributed by atoms with Crippen LogP contribution in [0.15, 0.2) is 0 Å². The van der Waals surface area contributed by atoms with Gasteiger partial charge in [0.2, 0.25) is 0 Å². The van der Waals surface area contributed by atoms with E-state index in [1.165, 1.54) is 12.8 Å². The van der Waals surface area contributed by atoms with E-state index in [-0.39, 0.29) is 12.1 Å². The molecule has 0 heterocycles. The molecule has 1 rings (SSSR count). The molecule has 0 saturated heterocycles. The lowest BCUT2D eigenvalue weighted by Crippen LogP contribution is -2.49. The smallest absolute Gasteiger partial charge is 0.407 e. The van der Waals surface area contributed by atoms with Gasteiger partial charge in [0.05, 0.1) is 0 Å². The molecule has 5 nitrogen and oxygen atoms in total. The van der Waals surface area contributed by atoms with Crippen LogP contribution >= 0.6 is 0 Å². The zero-order chi connectivity index (χ0) is 16.8. The summed E-state index contributed by atoms with van der Waals surface area (Å²) in [5.74, 6) is 0.579. The second-order valence-electron chi connectivity index (χ2n) is 8.00. The summed E-state index contributed by atoms with van der Waals surface area (Å²) in [6, 6.07) is 1.04. The van der Waals surface area contributed by atoms with Gasteiger partial charge in [0.1, 0.15) is 5.60 Å². The van der Waals surface area contributed by atoms with Crippen LogP contribution in [0.25, 0.3) is 0 Å². The fraction of sp³-hybridized carbons (Fsp3) is 0.941. The first-order valence-corrected chi connectivity index (χ1v) is 8.64. The summed E-state index contributed by atoms with van der Waals surface area (Å²) >= 11 is 0. The van der Waals surface area contributed by atoms with Crippen LogP contribution in [0.4, 0.5) is 4.79 Å². The number of amides is 1. The summed E-state index contributed by atoms with van der Waals surface area (Å²) < 4.78 is 5.30. The second-order valence-corrected chi connectivity index (χ2v) is 8.00. The number of hydrogen-bond acceptors (Lipinski definition) is 4. The Kier molecular flexibility index (Phi) is 7.63. The molecule has 1 fully saturated rings. The van der Waals surface area contributed by atoms with E-state index in [2.05, 4.69) is 24.5 Å². The van der Waals surface area contributed by atoms with Crippen LogP contribution in [-0.4, -0.2) is 36.4 Å². The van der Waals surface area contributed by atoms with E-state index in [0.717, 1.165) is 19.3 Å². The van der Waals surface area contributed by atoms with Crippen molar-refractivity contribution < 1.29 is 9.53 Å². The van der Waals surface area contributed by atoms with Crippen molar-refractivity contribution in [2.75, 3.05) is 6.54 Å². The summed E-state index contributed by atoms with van der Waals surface area (Å²) in [6.45, 7) is 10.6. The third-order valence-corrected chi connectivity index (χ3v) is 3.83. The molecule has 1 aliphatic rings. The van der Waals surface area contributed by atoms with Gasteiger partial charge in [-0.3, -0.25) is 0 Å². The molecule has 1 saturated carbocycles. The molecule has 0 bridgehead atoms. The molecule has 0 spiro atoms. The van der Waals surface area contributed by atoms with Crippen molar-refractivity contribution in [2.45, 2.75) is 90.4 Å². The number of nitrogens with one attached hydrogen (secondary N) is 2. The summed E-state index contributed by atoms with van der Waals surface area (Å²) in [7, 11) is 0. The van der Waals surface area contributed by atoms with E-state index in [4.69, 9.17) is 10.5 Å². The van der Waals surface area contributed by atoms with Crippen molar-refractivity contribution in [1.29, 1.82) is 0 Å². The van der Waals surface area contributed by atoms with Crippen molar-refractivity contribution >= 4 is 6.09 Å². The maximum Gasteiger partial charge on any atom is 0.407 e. The molecule has 22 heavy (non-hydrogen) atoms. The highest BCUT2D eigenvalue weighted by Gasteiger charge is 2.23. The quantitative estimate of drug-likeness (QED) is 0.705. The van der Waals surface area contributed by atoms with Crippen molar-refractivity contribution in [3.63, 3.8) is 0 Å². The molecule has 3 unspecified atom stereocenters. The largest absolute Gasteiger partial charge is 0.444 e. The normalized spacial score (nSPS) is 24.1. The van der Waals surface area contributed by atoms with Crippen molar-refractivity contribution in [3.8, 4) is 0 Å². The van der Waals surface area contributed by atoms with Gasteiger partial charge in [0.25, 0.3) is 0 Å². The predicted molar refractivity (Wildman–Crippen MR) is 90.8 cm³/mol. The van der Waals surface area contributed by atoms with E-state index in [0.29, 0.717) is 24.5 Å². The minimum atomic E-state index is -0.457. The zero-order valence-corrected chi connectivity index (χ0v) is 14.9. The molecule has 3 atom stereocenters. The van der Waals surface area contributed by atoms with Crippen molar-refractivity contribution in [2.24, 2.45) is 11.7 Å². The van der Waals surface area contributed by atoms with Gasteiger partial charge >= 0.3 is 6.09 Å². The Morgan fingerprint density at radius 1 is 1.32 bits per heavy atom. The van der Waals surface area contributed by atoms with Crippen LogP contribution < -0.4 is 16.4 Å². The highest BCUT2D eigenvalue weighted by atomic mass is 16.6. The van der Waals surface area contributed by atoms with E-state index in [9.17, 15) is 4.79 Å². The molecular weight excluding hydrogens is 278 g/mol. The van der Waals surface area contributed by atoms with Crippen molar-refractivity contribution in [3.05, 3.63) is 0 Å². The number of carbonyl (C=O) groups is 1. The molecule has 130 valence electrons. The lowest BCUT2D eigenvalue weighted by Gasteiger charge is -2.32. The first-order valence-electron chi connectivity index (χ1n) is 8.64. The van der Waals surface area contributed by atoms with Gasteiger partial charge in [-0.1, -0.05) is 20.3 Å². The van der Waals surface area contributed by atoms with Crippen LogP contribution in [0.1, 0.15) is 66.7 Å². The Bertz CT molecular complexity index is 339. The van der Waals surface area contributed by atoms with Gasteiger partial charge in [0, 0.05) is 24.7 Å². The summed E-state index contributed by atoms with van der Waals surface area (Å²) in [4.78, 5) is 11.8. The number of carbonyl (C=O) groups excluding carboxylic acids is 1. The second kappa shape index (κ2) is 8.73. The van der Waals surface area contributed by atoms with Gasteiger partial charge < -0.3 is 21.1 Å². The first kappa shape index (κ1) is 19.2. The number of nitrogens with two attached hydrogens (primary N) is 1. The van der Waals surface area contributed by atoms with E-state index < -0.39 is 5.60 Å². The minimum Gasteiger partial charge on any atom is -0.444 e. The Balaban J connectivity index is 2.44. The van der Waals surface area contributed by atoms with E-state index in [1.807, 2.05) is 20.8 Å². The SMILES string of the molecule is CC(C)CC(CNC(=O)OC(C)(C)C)NC1CCCC(N)C1. The summed E-state index contributed by atoms with van der Waals surface area (Å²) in [6.07, 6.45) is 5.20. The van der Waals surface area contributed by atoms with Gasteiger partial charge in [-0.25, -0.2) is 4.79 Å². The molecule has 1 aliphatic carbocycles. The number of alkyl carbamates (subject to hydrolysis) is 1. The highest BCUT2D eigenvalue weighted by molar-refractivity contribution is 5.67. The van der Waals surface area contributed by atoms with Crippen LogP contribution in [0.5, 0.6) is 0 Å². The fourth-order valence-electron chi connectivity index (χ4n) is 3.01. The van der Waals surface area contributed by atoms with Crippen LogP contribution in [-0.2, 0) is 4.74 Å². The molecule has 0 aromatic carbocycles. The molecule has 0 aliphatic heterocycles. The summed E-state index contributed by atoms with van der Waals surface area (Å²) in [5, 5.41) is 6.58. The minimum absolute atomic E-state index is 0.266. The Morgan fingerprint density at radius 2 is 2.00 bits per heavy atom. The molecule has 4 N–H and O–H groups in total. The average Bonchev–Trinajstić information content (AvgIpc) is 2.33. The molecule has 1 amide bonds. The van der Waals surface area contributed by atoms with E-state index in [1.54, 1.807) is 0 Å². The highest BCUT2D eigenvalue weighted by Crippen LogP contribution is 2.18. The number of hydrogen-bond donors (Lipinski definition) is 3. The maximum absolute atomic E-state index is 11.8. The lowest BCUT2D eigenvalue weighted by molar-refractivity contribution is 0.0519. The maximum atomic E-state index is 11.8. The lowest BCUT2D eigenvalue weighted by atomic mass is 9.90. The topological polar surface area (TPSA) is 76.4 Å². The Hall–Kier alpha value is -0.810. The number of rotatable bonds is 6. The predicted octanol–water partition coefficient (Wildman–Crippen LogP) is 2.79. The Labute approximate surface area is 135 Å². The van der Waals surface area contributed by atoms with Gasteiger partial charge in [-0.2, -0.15) is 0 Å². The van der Waals surface area contributed by atoms with Crippen LogP contribution in [0.3, 0.4) is 0 Å². The van der Waals surface area contributed by atoms with Crippen LogP contribution in [0, 0.1) is 5.92 Å². The van der Waals surface area contributed by atoms with Gasteiger partial charge in [-0.15, -0.1) is 0 Å². The van der Waals surface area contributed by atoms with Crippen LogP contribution in [0.2, 0.25) is 0 Å². The Morgan fingerprint density at radius 3 is 2.55 bits per heavy atom. The zero-order valence-electron chi connectivity index (χ0n) is 14.9. The molecular formula is C17H35N3O2.